The van der Waals surface area contributed by atoms with Crippen LogP contribution in [0.3, 0.4) is 0 Å². The van der Waals surface area contributed by atoms with E-state index in [1.54, 1.807) is 0 Å². The van der Waals surface area contributed by atoms with Crippen molar-refractivity contribution in [3.8, 4) is 0 Å². The molecule has 0 N–H and O–H groups in total. The fourth-order valence-corrected chi connectivity index (χ4v) is 6.04. The third-order valence-corrected chi connectivity index (χ3v) is 9.95. The number of phosphoric ester groups is 1. The SMILES string of the molecule is CCCCCCCCCCCCCCCCCCCCOP(=O)([O-])OCC[As](C)(C)C. The maximum atomic E-state index is 11.7. The Labute approximate surface area is 197 Å². The van der Waals surface area contributed by atoms with E-state index in [-0.39, 0.29) is 13.2 Å². The van der Waals surface area contributed by atoms with Crippen molar-refractivity contribution in [3.05, 3.63) is 0 Å². The minimum atomic E-state index is -4.09. The van der Waals surface area contributed by atoms with Crippen molar-refractivity contribution >= 4 is 21.4 Å². The van der Waals surface area contributed by atoms with Gasteiger partial charge in [0.05, 0.1) is 0 Å². The Morgan fingerprint density at radius 2 is 0.903 bits per heavy atom. The standard InChI is InChI=1S/C25H55AsO4P/c1-5-6-7-8-9-10-11-12-13-14-15-16-17-18-19-20-21-22-24-29-31(27,28)30-25-23-26(2,3)4/h5-25H2,1-4H3,(H,27,28)/p-1. The van der Waals surface area contributed by atoms with Crippen LogP contribution in [0.1, 0.15) is 122 Å². The van der Waals surface area contributed by atoms with Crippen LogP contribution in [0, 0.1) is 0 Å². The number of rotatable bonds is 24. The van der Waals surface area contributed by atoms with E-state index in [2.05, 4.69) is 24.1 Å². The van der Waals surface area contributed by atoms with E-state index in [1.165, 1.54) is 103 Å². The summed E-state index contributed by atoms with van der Waals surface area (Å²) in [7, 11) is -4.09. The second-order valence-corrected chi connectivity index (χ2v) is 22.1. The van der Waals surface area contributed by atoms with E-state index >= 15 is 0 Å². The van der Waals surface area contributed by atoms with Crippen molar-refractivity contribution in [2.45, 2.75) is 145 Å². The van der Waals surface area contributed by atoms with E-state index in [4.69, 9.17) is 9.05 Å². The van der Waals surface area contributed by atoms with Crippen LogP contribution >= 0.6 is 7.82 Å². The van der Waals surface area contributed by atoms with Crippen LogP contribution in [0.4, 0.5) is 0 Å². The van der Waals surface area contributed by atoms with Gasteiger partial charge < -0.3 is 0 Å². The predicted molar refractivity (Wildman–Crippen MR) is 136 cm³/mol. The Balaban J connectivity index is 3.25. The molecule has 0 aliphatic rings. The first-order valence-corrected chi connectivity index (χ1v) is 21.6. The molecule has 0 aromatic carbocycles. The molecule has 0 bridgehead atoms. The van der Waals surface area contributed by atoms with E-state index in [1.807, 2.05) is 0 Å². The van der Waals surface area contributed by atoms with Crippen LogP contribution < -0.4 is 4.89 Å². The van der Waals surface area contributed by atoms with Gasteiger partial charge in [-0.15, -0.1) is 0 Å². The quantitative estimate of drug-likeness (QED) is 0.0719. The van der Waals surface area contributed by atoms with Gasteiger partial charge >= 0.3 is 114 Å². The molecule has 0 fully saturated rings. The molecule has 0 aliphatic carbocycles. The summed E-state index contributed by atoms with van der Waals surface area (Å²) in [6.45, 7) is 2.81. The third-order valence-electron chi connectivity index (χ3n) is 5.76. The molecule has 0 heterocycles. The molecule has 0 rings (SSSR count). The second kappa shape index (κ2) is 21.2. The molecule has 0 aromatic rings. The van der Waals surface area contributed by atoms with Gasteiger partial charge in [0.15, 0.2) is 0 Å². The van der Waals surface area contributed by atoms with Gasteiger partial charge in [-0.05, 0) is 0 Å². The van der Waals surface area contributed by atoms with Gasteiger partial charge in [-0.3, -0.25) is 0 Å². The van der Waals surface area contributed by atoms with E-state index in [9.17, 15) is 9.46 Å². The molecule has 1 unspecified atom stereocenters. The van der Waals surface area contributed by atoms with Gasteiger partial charge in [0.2, 0.25) is 0 Å². The predicted octanol–water partition coefficient (Wildman–Crippen LogP) is 8.87. The number of hydrogen-bond acceptors (Lipinski definition) is 4. The Morgan fingerprint density at radius 1 is 0.581 bits per heavy atom. The molecule has 0 aliphatic heterocycles. The van der Waals surface area contributed by atoms with Crippen LogP contribution in [0.5, 0.6) is 0 Å². The van der Waals surface area contributed by atoms with Gasteiger partial charge in [-0.1, -0.05) is 84.0 Å². The molecule has 0 spiro atoms. The van der Waals surface area contributed by atoms with Crippen molar-refractivity contribution in [2.75, 3.05) is 13.2 Å². The molecule has 0 aromatic heterocycles. The van der Waals surface area contributed by atoms with Gasteiger partial charge in [0, 0.05) is 0 Å². The number of phosphoric acid groups is 1. The summed E-state index contributed by atoms with van der Waals surface area (Å²) in [5.74, 6) is 0. The molecule has 0 amide bonds. The zero-order valence-electron chi connectivity index (χ0n) is 21.4. The summed E-state index contributed by atoms with van der Waals surface area (Å²) in [5, 5.41) is 0.868. The first kappa shape index (κ1) is 31.7. The fourth-order valence-electron chi connectivity index (χ4n) is 3.64. The molecule has 1 radical (unpaired) electrons. The third kappa shape index (κ3) is 26.8. The summed E-state index contributed by atoms with van der Waals surface area (Å²) in [4.78, 5) is 11.7. The van der Waals surface area contributed by atoms with Gasteiger partial charge in [-0.25, -0.2) is 0 Å². The summed E-state index contributed by atoms with van der Waals surface area (Å²) >= 11 is -1.60. The van der Waals surface area contributed by atoms with Crippen LogP contribution in [0.2, 0.25) is 22.3 Å². The van der Waals surface area contributed by atoms with E-state index < -0.39 is 21.4 Å². The second-order valence-electron chi connectivity index (χ2n) is 10.1. The normalized spacial score (nSPS) is 14.1. The molecular weight excluding hydrogens is 470 g/mol. The van der Waals surface area contributed by atoms with Crippen molar-refractivity contribution in [1.82, 2.24) is 0 Å². The molecular formula is C25H54AsO4P-. The molecule has 1 atom stereocenters. The minimum absolute atomic E-state index is 0.259. The zero-order chi connectivity index (χ0) is 23.3. The number of unbranched alkanes of at least 4 members (excludes halogenated alkanes) is 17. The summed E-state index contributed by atoms with van der Waals surface area (Å²) in [6.07, 6.45) is 23.8. The topological polar surface area (TPSA) is 58.6 Å². The van der Waals surface area contributed by atoms with E-state index in [0.717, 1.165) is 18.1 Å². The van der Waals surface area contributed by atoms with Crippen LogP contribution in [0.25, 0.3) is 0 Å². The summed E-state index contributed by atoms with van der Waals surface area (Å²) < 4.78 is 21.6. The maximum absolute atomic E-state index is 11.7. The van der Waals surface area contributed by atoms with Gasteiger partial charge in [0.25, 0.3) is 0 Å². The monoisotopic (exact) mass is 524 g/mol. The van der Waals surface area contributed by atoms with Crippen LogP contribution in [0.15, 0.2) is 0 Å². The Kier molecular flexibility index (Phi) is 21.7. The Hall–Kier alpha value is 0.668. The Bertz CT molecular complexity index is 426. The number of hydrogen-bond donors (Lipinski definition) is 0. The zero-order valence-corrected chi connectivity index (χ0v) is 24.1. The summed E-state index contributed by atoms with van der Waals surface area (Å²) in [5.41, 5.74) is 6.70. The molecule has 6 heteroatoms. The fraction of sp³-hybridized carbons (Fsp3) is 1.00. The van der Waals surface area contributed by atoms with Crippen LogP contribution in [-0.2, 0) is 13.6 Å². The first-order valence-electron chi connectivity index (χ1n) is 13.2. The first-order chi connectivity index (χ1) is 14.8. The van der Waals surface area contributed by atoms with E-state index in [0.29, 0.717) is 0 Å². The molecule has 189 valence electrons. The van der Waals surface area contributed by atoms with Crippen molar-refractivity contribution < 1.29 is 18.5 Å². The molecule has 4 nitrogen and oxygen atoms in total. The average molecular weight is 525 g/mol. The molecule has 0 saturated carbocycles. The van der Waals surface area contributed by atoms with Crippen molar-refractivity contribution in [1.29, 1.82) is 0 Å². The van der Waals surface area contributed by atoms with Crippen LogP contribution in [-0.4, -0.2) is 26.8 Å². The molecule has 31 heavy (non-hydrogen) atoms. The van der Waals surface area contributed by atoms with Crippen molar-refractivity contribution in [2.24, 2.45) is 0 Å². The Morgan fingerprint density at radius 3 is 1.26 bits per heavy atom. The average Bonchev–Trinajstić information content (AvgIpc) is 2.68. The van der Waals surface area contributed by atoms with Gasteiger partial charge in [-0.2, -0.15) is 0 Å². The molecule has 0 saturated heterocycles. The van der Waals surface area contributed by atoms with Crippen molar-refractivity contribution in [3.63, 3.8) is 0 Å². The van der Waals surface area contributed by atoms with Gasteiger partial charge in [0.1, 0.15) is 0 Å². The summed E-state index contributed by atoms with van der Waals surface area (Å²) in [6, 6.07) is 0.